The third kappa shape index (κ3) is 2.73. The molecule has 2 N–H and O–H groups in total. The molecule has 0 aromatic heterocycles. The predicted molar refractivity (Wildman–Crippen MR) is 101 cm³/mol. The third-order valence-electron chi connectivity index (χ3n) is 4.84. The molecule has 0 bridgehead atoms. The van der Waals surface area contributed by atoms with Crippen LogP contribution in [0.3, 0.4) is 0 Å². The van der Waals surface area contributed by atoms with Crippen molar-refractivity contribution in [2.75, 3.05) is 0 Å². The van der Waals surface area contributed by atoms with Crippen molar-refractivity contribution in [3.63, 3.8) is 0 Å². The van der Waals surface area contributed by atoms with E-state index in [0.29, 0.717) is 0 Å². The van der Waals surface area contributed by atoms with Crippen LogP contribution in [0.25, 0.3) is 0 Å². The first-order chi connectivity index (χ1) is 12.4. The first kappa shape index (κ1) is 20.0. The number of rotatable bonds is 4. The average Bonchev–Trinajstić information content (AvgIpc) is 2.81. The van der Waals surface area contributed by atoms with E-state index in [1.807, 2.05) is 0 Å². The summed E-state index contributed by atoms with van der Waals surface area (Å²) >= 11 is 13.2. The molecule has 144 valence electrons. The number of halogens is 2. The second-order valence-corrected chi connectivity index (χ2v) is 9.49. The summed E-state index contributed by atoms with van der Waals surface area (Å²) in [6.07, 6.45) is 0. The quantitative estimate of drug-likeness (QED) is 0.560. The van der Waals surface area contributed by atoms with Crippen LogP contribution < -0.4 is 5.32 Å². The van der Waals surface area contributed by atoms with Gasteiger partial charge in [-0.15, -0.1) is 11.8 Å². The predicted octanol–water partition coefficient (Wildman–Crippen LogP) is 2.20. The molecule has 10 heteroatoms. The van der Waals surface area contributed by atoms with E-state index < -0.39 is 45.3 Å². The van der Waals surface area contributed by atoms with E-state index in [4.69, 9.17) is 23.2 Å². The van der Waals surface area contributed by atoms with Crippen molar-refractivity contribution >= 4 is 58.5 Å². The molecule has 2 fully saturated rings. The van der Waals surface area contributed by atoms with E-state index in [9.17, 15) is 24.3 Å². The zero-order valence-corrected chi connectivity index (χ0v) is 16.9. The lowest BCUT2D eigenvalue weighted by molar-refractivity contribution is -0.170. The number of carbonyl (C=O) groups is 4. The highest BCUT2D eigenvalue weighted by molar-refractivity contribution is 8.01. The number of carboxylic acids is 1. The Kier molecular flexibility index (Phi) is 4.73. The summed E-state index contributed by atoms with van der Waals surface area (Å²) in [4.78, 5) is 50.9. The summed E-state index contributed by atoms with van der Waals surface area (Å²) in [6.45, 7) is 4.55. The Labute approximate surface area is 169 Å². The van der Waals surface area contributed by atoms with Gasteiger partial charge in [-0.2, -0.15) is 0 Å². The molecule has 0 radical (unpaired) electrons. The monoisotopic (exact) mass is 430 g/mol. The summed E-state index contributed by atoms with van der Waals surface area (Å²) in [5.74, 6) is -3.27. The minimum absolute atomic E-state index is 0.0512. The molecule has 2 aliphatic heterocycles. The van der Waals surface area contributed by atoms with Gasteiger partial charge in [-0.3, -0.25) is 14.4 Å². The minimum atomic E-state index is -1.86. The highest BCUT2D eigenvalue weighted by Crippen LogP contribution is 2.55. The molecule has 1 aromatic carbocycles. The number of fused-ring (bicyclic) bond motifs is 1. The first-order valence-corrected chi connectivity index (χ1v) is 9.59. The van der Waals surface area contributed by atoms with Crippen LogP contribution >= 0.6 is 35.0 Å². The zero-order valence-electron chi connectivity index (χ0n) is 14.6. The van der Waals surface area contributed by atoms with Gasteiger partial charge in [0, 0.05) is 4.75 Å². The molecule has 0 aliphatic carbocycles. The fourth-order valence-electron chi connectivity index (χ4n) is 3.54. The number of aliphatic carboxylic acids is 1. The first-order valence-electron chi connectivity index (χ1n) is 7.96. The van der Waals surface area contributed by atoms with Crippen molar-refractivity contribution in [1.82, 2.24) is 10.2 Å². The Morgan fingerprint density at radius 2 is 1.78 bits per heavy atom. The zero-order chi connectivity index (χ0) is 20.3. The average molecular weight is 431 g/mol. The SMILES string of the molecule is CC(=O)C1(NC(=O)c2c(Cl)cccc2Cl)C(=O)N2[C@@H](C(=O)O)C(C)(C)S[C@@H]21. The molecule has 0 saturated carbocycles. The van der Waals surface area contributed by atoms with E-state index in [0.717, 1.165) is 16.7 Å². The number of nitrogens with zero attached hydrogens (tertiary/aromatic N) is 1. The van der Waals surface area contributed by atoms with E-state index >= 15 is 0 Å². The van der Waals surface area contributed by atoms with Crippen LogP contribution in [0.4, 0.5) is 0 Å². The van der Waals surface area contributed by atoms with E-state index in [-0.39, 0.29) is 15.6 Å². The van der Waals surface area contributed by atoms with Crippen molar-refractivity contribution in [3.05, 3.63) is 33.8 Å². The lowest BCUT2D eigenvalue weighted by Gasteiger charge is -2.51. The number of carboxylic acid groups (broad SMARTS) is 1. The summed E-state index contributed by atoms with van der Waals surface area (Å²) in [6, 6.07) is 3.39. The molecule has 1 unspecified atom stereocenters. The van der Waals surface area contributed by atoms with E-state index in [2.05, 4.69) is 5.32 Å². The van der Waals surface area contributed by atoms with Crippen molar-refractivity contribution in [1.29, 1.82) is 0 Å². The number of nitrogens with one attached hydrogen (secondary N) is 1. The minimum Gasteiger partial charge on any atom is -0.480 e. The topological polar surface area (TPSA) is 104 Å². The molecule has 1 aromatic rings. The third-order valence-corrected chi connectivity index (χ3v) is 7.10. The Balaban J connectivity index is 2.00. The molecule has 2 saturated heterocycles. The maximum absolute atomic E-state index is 12.9. The maximum Gasteiger partial charge on any atom is 0.327 e. The fourth-order valence-corrected chi connectivity index (χ4v) is 5.86. The second-order valence-electron chi connectivity index (χ2n) is 6.94. The number of Topliss-reactive ketones (excluding diaryl/α,β-unsaturated/α-hetero) is 1. The molecule has 2 amide bonds. The highest BCUT2D eigenvalue weighted by atomic mass is 35.5. The van der Waals surface area contributed by atoms with Crippen LogP contribution in [0, 0.1) is 0 Å². The smallest absolute Gasteiger partial charge is 0.327 e. The Morgan fingerprint density at radius 1 is 1.22 bits per heavy atom. The lowest BCUT2D eigenvalue weighted by atomic mass is 9.81. The molecule has 27 heavy (non-hydrogen) atoms. The Morgan fingerprint density at radius 3 is 2.26 bits per heavy atom. The molecule has 7 nitrogen and oxygen atoms in total. The van der Waals surface area contributed by atoms with Crippen LogP contribution in [0.1, 0.15) is 31.1 Å². The number of hydrogen-bond donors (Lipinski definition) is 2. The summed E-state index contributed by atoms with van der Waals surface area (Å²) in [5.41, 5.74) is -1.91. The maximum atomic E-state index is 12.9. The van der Waals surface area contributed by atoms with Crippen molar-refractivity contribution in [2.24, 2.45) is 0 Å². The van der Waals surface area contributed by atoms with Crippen molar-refractivity contribution in [3.8, 4) is 0 Å². The number of hydrogen-bond acceptors (Lipinski definition) is 5. The van der Waals surface area contributed by atoms with Gasteiger partial charge in [0.1, 0.15) is 11.4 Å². The molecule has 2 aliphatic rings. The van der Waals surface area contributed by atoms with E-state index in [1.165, 1.54) is 19.1 Å². The largest absolute Gasteiger partial charge is 0.480 e. The molecule has 0 spiro atoms. The van der Waals surface area contributed by atoms with Crippen molar-refractivity contribution < 1.29 is 24.3 Å². The summed E-state index contributed by atoms with van der Waals surface area (Å²) in [7, 11) is 0. The molecule has 2 heterocycles. The van der Waals surface area contributed by atoms with Gasteiger partial charge in [-0.25, -0.2) is 4.79 Å². The Bertz CT molecular complexity index is 870. The lowest BCUT2D eigenvalue weighted by Crippen LogP contribution is -2.82. The standard InChI is InChI=1S/C17H16Cl2N2O5S/c1-7(22)17(20-12(23)10-8(18)5-4-6-9(10)19)14(26)21-11(13(24)25)16(2,3)27-15(17)21/h4-6,11,15H,1-3H3,(H,20,23)(H,24,25)/t11-,15+,17?/m0/s1. The van der Waals surface area contributed by atoms with Crippen molar-refractivity contribution in [2.45, 2.75) is 42.5 Å². The second kappa shape index (κ2) is 6.39. The van der Waals surface area contributed by atoms with Crippen LogP contribution in [0.5, 0.6) is 0 Å². The van der Waals surface area contributed by atoms with Gasteiger partial charge < -0.3 is 15.3 Å². The van der Waals surface area contributed by atoms with Gasteiger partial charge in [0.25, 0.3) is 11.8 Å². The van der Waals surface area contributed by atoms with E-state index in [1.54, 1.807) is 19.9 Å². The summed E-state index contributed by atoms with van der Waals surface area (Å²) < 4.78 is -0.837. The normalized spacial score (nSPS) is 28.3. The number of amides is 2. The number of thioether (sulfide) groups is 1. The van der Waals surface area contributed by atoms with Gasteiger partial charge in [-0.05, 0) is 32.9 Å². The number of benzene rings is 1. The summed E-state index contributed by atoms with van der Waals surface area (Å²) in [5, 5.41) is 11.3. The van der Waals surface area contributed by atoms with Gasteiger partial charge in [-0.1, -0.05) is 29.3 Å². The van der Waals surface area contributed by atoms with Gasteiger partial charge in [0.05, 0.1) is 15.6 Å². The number of ketones is 1. The number of carbonyl (C=O) groups excluding carboxylic acids is 3. The van der Waals surface area contributed by atoms with Crippen LogP contribution in [0.2, 0.25) is 10.0 Å². The van der Waals surface area contributed by atoms with Gasteiger partial charge >= 0.3 is 5.97 Å². The molecular weight excluding hydrogens is 415 g/mol. The molecule has 3 rings (SSSR count). The van der Waals surface area contributed by atoms with Crippen LogP contribution in [0.15, 0.2) is 18.2 Å². The fraction of sp³-hybridized carbons (Fsp3) is 0.412. The van der Waals surface area contributed by atoms with Crippen LogP contribution in [-0.2, 0) is 14.4 Å². The van der Waals surface area contributed by atoms with Gasteiger partial charge in [0.2, 0.25) is 5.54 Å². The Hall–Kier alpha value is -1.77. The van der Waals surface area contributed by atoms with Crippen LogP contribution in [-0.4, -0.2) is 55.3 Å². The highest BCUT2D eigenvalue weighted by Gasteiger charge is 2.74. The molecular formula is C17H16Cl2N2O5S. The molecule has 3 atom stereocenters. The number of β-lactam (4-membered cyclic amide) rings is 1. The van der Waals surface area contributed by atoms with Gasteiger partial charge in [0.15, 0.2) is 5.78 Å².